The molecule has 26 heavy (non-hydrogen) atoms. The van der Waals surface area contributed by atoms with Gasteiger partial charge < -0.3 is 15.0 Å². The number of ether oxygens (including phenoxy) is 1. The summed E-state index contributed by atoms with van der Waals surface area (Å²) in [5, 5.41) is 2.78. The van der Waals surface area contributed by atoms with Crippen molar-refractivity contribution in [1.82, 2.24) is 9.55 Å². The van der Waals surface area contributed by atoms with Crippen molar-refractivity contribution in [2.75, 3.05) is 11.9 Å². The normalized spacial score (nSPS) is 16.8. The Morgan fingerprint density at radius 3 is 2.81 bits per heavy atom. The summed E-state index contributed by atoms with van der Waals surface area (Å²) in [5.74, 6) is -0.321. The zero-order valence-corrected chi connectivity index (χ0v) is 15.0. The fraction of sp³-hybridized carbons (Fsp3) is 0.421. The van der Waals surface area contributed by atoms with E-state index in [1.807, 2.05) is 32.0 Å². The third kappa shape index (κ3) is 3.77. The van der Waals surface area contributed by atoms with Crippen LogP contribution < -0.4 is 16.6 Å². The third-order valence-corrected chi connectivity index (χ3v) is 4.55. The van der Waals surface area contributed by atoms with Gasteiger partial charge in [0.1, 0.15) is 5.56 Å². The number of H-pyrrole nitrogens is 1. The Balaban J connectivity index is 1.88. The molecule has 0 spiro atoms. The first-order valence-electron chi connectivity index (χ1n) is 8.81. The molecule has 1 aliphatic rings. The molecule has 1 aromatic carbocycles. The van der Waals surface area contributed by atoms with Gasteiger partial charge in [0.05, 0.1) is 12.6 Å². The van der Waals surface area contributed by atoms with Gasteiger partial charge in [-0.25, -0.2) is 4.79 Å². The standard InChI is InChI=1S/C19H23N3O4/c1-12(2)14-7-3-4-8-16(14)21-17(23)15-10-20-19(25)22(18(15)24)11-13-6-5-9-26-13/h3-4,7-8,10,12-13H,5-6,9,11H2,1-2H3,(H,20,25)(H,21,23). The molecule has 0 aliphatic carbocycles. The van der Waals surface area contributed by atoms with E-state index in [9.17, 15) is 14.4 Å². The molecule has 7 nitrogen and oxygen atoms in total. The number of aromatic nitrogens is 2. The molecule has 138 valence electrons. The highest BCUT2D eigenvalue weighted by atomic mass is 16.5. The Kier molecular flexibility index (Phi) is 5.37. The van der Waals surface area contributed by atoms with E-state index in [-0.39, 0.29) is 24.1 Å². The van der Waals surface area contributed by atoms with E-state index in [0.717, 1.165) is 23.0 Å². The van der Waals surface area contributed by atoms with Crippen molar-refractivity contribution in [2.24, 2.45) is 0 Å². The molecule has 0 radical (unpaired) electrons. The Morgan fingerprint density at radius 2 is 2.12 bits per heavy atom. The maximum Gasteiger partial charge on any atom is 0.328 e. The summed E-state index contributed by atoms with van der Waals surface area (Å²) < 4.78 is 6.53. The SMILES string of the molecule is CC(C)c1ccccc1NC(=O)c1c[nH]c(=O)n(CC2CCCO2)c1=O. The highest BCUT2D eigenvalue weighted by Gasteiger charge is 2.21. The number of amides is 1. The van der Waals surface area contributed by atoms with Crippen LogP contribution in [0.1, 0.15) is 48.5 Å². The molecule has 2 aromatic rings. The van der Waals surface area contributed by atoms with Crippen molar-refractivity contribution in [2.45, 2.75) is 45.3 Å². The third-order valence-electron chi connectivity index (χ3n) is 4.55. The fourth-order valence-corrected chi connectivity index (χ4v) is 3.14. The van der Waals surface area contributed by atoms with E-state index in [1.54, 1.807) is 6.07 Å². The number of hydrogen-bond acceptors (Lipinski definition) is 4. The highest BCUT2D eigenvalue weighted by molar-refractivity contribution is 6.04. The van der Waals surface area contributed by atoms with Crippen molar-refractivity contribution >= 4 is 11.6 Å². The lowest BCUT2D eigenvalue weighted by molar-refractivity contribution is 0.0941. The number of benzene rings is 1. The lowest BCUT2D eigenvalue weighted by Crippen LogP contribution is -2.41. The van der Waals surface area contributed by atoms with Gasteiger partial charge in [-0.2, -0.15) is 0 Å². The fourth-order valence-electron chi connectivity index (χ4n) is 3.14. The minimum atomic E-state index is -0.608. The van der Waals surface area contributed by atoms with E-state index < -0.39 is 17.2 Å². The van der Waals surface area contributed by atoms with Crippen molar-refractivity contribution in [1.29, 1.82) is 0 Å². The van der Waals surface area contributed by atoms with E-state index in [1.165, 1.54) is 6.20 Å². The summed E-state index contributed by atoms with van der Waals surface area (Å²) in [6.07, 6.45) is 2.70. The number of hydrogen-bond donors (Lipinski definition) is 2. The van der Waals surface area contributed by atoms with E-state index >= 15 is 0 Å². The predicted molar refractivity (Wildman–Crippen MR) is 98.8 cm³/mol. The van der Waals surface area contributed by atoms with Crippen LogP contribution in [-0.4, -0.2) is 28.2 Å². The minimum absolute atomic E-state index is 0.0962. The summed E-state index contributed by atoms with van der Waals surface area (Å²) in [6.45, 7) is 4.83. The summed E-state index contributed by atoms with van der Waals surface area (Å²) >= 11 is 0. The summed E-state index contributed by atoms with van der Waals surface area (Å²) in [7, 11) is 0. The molecule has 1 amide bonds. The van der Waals surface area contributed by atoms with Gasteiger partial charge >= 0.3 is 5.69 Å². The van der Waals surface area contributed by atoms with Crippen molar-refractivity contribution in [3.8, 4) is 0 Å². The Hall–Kier alpha value is -2.67. The molecule has 2 N–H and O–H groups in total. The molecular formula is C19H23N3O4. The van der Waals surface area contributed by atoms with Gasteiger partial charge in [0, 0.05) is 18.5 Å². The molecule has 1 aromatic heterocycles. The minimum Gasteiger partial charge on any atom is -0.376 e. The molecule has 3 rings (SSSR count). The summed E-state index contributed by atoms with van der Waals surface area (Å²) in [6, 6.07) is 7.45. The number of nitrogens with one attached hydrogen (secondary N) is 2. The molecule has 2 heterocycles. The Morgan fingerprint density at radius 1 is 1.35 bits per heavy atom. The largest absolute Gasteiger partial charge is 0.376 e. The first-order valence-corrected chi connectivity index (χ1v) is 8.81. The molecule has 1 atom stereocenters. The quantitative estimate of drug-likeness (QED) is 0.857. The van der Waals surface area contributed by atoms with Gasteiger partial charge in [-0.1, -0.05) is 32.0 Å². The van der Waals surface area contributed by atoms with Gasteiger partial charge in [-0.3, -0.25) is 14.2 Å². The molecule has 7 heteroatoms. The molecule has 1 saturated heterocycles. The van der Waals surface area contributed by atoms with Crippen LogP contribution in [0.4, 0.5) is 5.69 Å². The molecule has 0 saturated carbocycles. The lowest BCUT2D eigenvalue weighted by Gasteiger charge is -2.14. The second-order valence-corrected chi connectivity index (χ2v) is 6.75. The van der Waals surface area contributed by atoms with Crippen LogP contribution in [0, 0.1) is 0 Å². The van der Waals surface area contributed by atoms with E-state index in [0.29, 0.717) is 12.3 Å². The number of anilines is 1. The number of rotatable bonds is 5. The van der Waals surface area contributed by atoms with Crippen LogP contribution in [0.5, 0.6) is 0 Å². The van der Waals surface area contributed by atoms with Crippen LogP contribution in [0.3, 0.4) is 0 Å². The zero-order chi connectivity index (χ0) is 18.7. The smallest absolute Gasteiger partial charge is 0.328 e. The number of nitrogens with zero attached hydrogens (tertiary/aromatic N) is 1. The predicted octanol–water partition coefficient (Wildman–Crippen LogP) is 2.09. The molecule has 1 aliphatic heterocycles. The molecular weight excluding hydrogens is 334 g/mol. The van der Waals surface area contributed by atoms with Crippen LogP contribution in [-0.2, 0) is 11.3 Å². The van der Waals surface area contributed by atoms with Crippen LogP contribution in [0.25, 0.3) is 0 Å². The Bertz CT molecular complexity index is 907. The van der Waals surface area contributed by atoms with E-state index in [4.69, 9.17) is 4.74 Å². The molecule has 0 bridgehead atoms. The second-order valence-electron chi connectivity index (χ2n) is 6.75. The lowest BCUT2D eigenvalue weighted by atomic mass is 10.0. The average Bonchev–Trinajstić information content (AvgIpc) is 3.12. The van der Waals surface area contributed by atoms with Crippen LogP contribution in [0.2, 0.25) is 0 Å². The molecule has 1 unspecified atom stereocenters. The monoisotopic (exact) mass is 357 g/mol. The summed E-state index contributed by atoms with van der Waals surface area (Å²) in [5.41, 5.74) is 0.392. The number of carbonyl (C=O) groups excluding carboxylic acids is 1. The van der Waals surface area contributed by atoms with Crippen molar-refractivity contribution in [3.63, 3.8) is 0 Å². The maximum atomic E-state index is 12.7. The first-order chi connectivity index (χ1) is 12.5. The first kappa shape index (κ1) is 18.1. The second kappa shape index (κ2) is 7.70. The maximum absolute atomic E-state index is 12.7. The van der Waals surface area contributed by atoms with Gasteiger partial charge in [0.2, 0.25) is 0 Å². The van der Waals surface area contributed by atoms with Gasteiger partial charge in [-0.05, 0) is 30.4 Å². The number of para-hydroxylation sites is 1. The average molecular weight is 357 g/mol. The van der Waals surface area contributed by atoms with Gasteiger partial charge in [0.25, 0.3) is 11.5 Å². The van der Waals surface area contributed by atoms with Crippen molar-refractivity contribution in [3.05, 3.63) is 62.4 Å². The Labute approximate surface area is 151 Å². The highest BCUT2D eigenvalue weighted by Crippen LogP contribution is 2.23. The van der Waals surface area contributed by atoms with Gasteiger partial charge in [0.15, 0.2) is 0 Å². The topological polar surface area (TPSA) is 93.2 Å². The van der Waals surface area contributed by atoms with Gasteiger partial charge in [-0.15, -0.1) is 0 Å². The van der Waals surface area contributed by atoms with E-state index in [2.05, 4.69) is 10.3 Å². The van der Waals surface area contributed by atoms with Crippen molar-refractivity contribution < 1.29 is 9.53 Å². The number of carbonyl (C=O) groups is 1. The van der Waals surface area contributed by atoms with Crippen LogP contribution >= 0.6 is 0 Å². The zero-order valence-electron chi connectivity index (χ0n) is 15.0. The summed E-state index contributed by atoms with van der Waals surface area (Å²) in [4.78, 5) is 39.8. The number of aromatic amines is 1. The van der Waals surface area contributed by atoms with Crippen LogP contribution in [0.15, 0.2) is 40.1 Å². The molecule has 1 fully saturated rings.